The van der Waals surface area contributed by atoms with Gasteiger partial charge in [0.25, 0.3) is 5.91 Å². The molecule has 0 radical (unpaired) electrons. The summed E-state index contributed by atoms with van der Waals surface area (Å²) in [5.41, 5.74) is 1.40. The second-order valence-corrected chi connectivity index (χ2v) is 6.26. The molecule has 0 bridgehead atoms. The predicted molar refractivity (Wildman–Crippen MR) is 102 cm³/mol. The van der Waals surface area contributed by atoms with Crippen LogP contribution < -0.4 is 10.6 Å². The Labute approximate surface area is 159 Å². The quantitative estimate of drug-likeness (QED) is 0.367. The van der Waals surface area contributed by atoms with E-state index in [9.17, 15) is 9.59 Å². The molecule has 132 valence electrons. The number of benzene rings is 2. The van der Waals surface area contributed by atoms with Gasteiger partial charge in [0, 0.05) is 22.9 Å². The maximum absolute atomic E-state index is 12.1. The Bertz CT molecular complexity index is 870. The molecule has 26 heavy (non-hydrogen) atoms. The van der Waals surface area contributed by atoms with Gasteiger partial charge in [0.05, 0.1) is 5.56 Å². The Morgan fingerprint density at radius 3 is 2.58 bits per heavy atom. The summed E-state index contributed by atoms with van der Waals surface area (Å²) in [6.45, 7) is 0.564. The fourth-order valence-electron chi connectivity index (χ4n) is 2.12. The minimum atomic E-state index is -1.09. The van der Waals surface area contributed by atoms with Crippen molar-refractivity contribution >= 4 is 33.5 Å². The molecule has 6 nitrogen and oxygen atoms in total. The lowest BCUT2D eigenvalue weighted by atomic mass is 10.1. The van der Waals surface area contributed by atoms with E-state index in [1.165, 1.54) is 24.4 Å². The van der Waals surface area contributed by atoms with E-state index in [4.69, 9.17) is 10.4 Å². The zero-order valence-electron chi connectivity index (χ0n) is 13.7. The number of anilines is 1. The first-order valence-electron chi connectivity index (χ1n) is 7.72. The van der Waals surface area contributed by atoms with E-state index in [1.807, 2.05) is 30.3 Å². The minimum Gasteiger partial charge on any atom is -0.478 e. The largest absolute Gasteiger partial charge is 0.478 e. The number of carboxylic acids is 1. The van der Waals surface area contributed by atoms with Crippen LogP contribution in [0.15, 0.2) is 64.8 Å². The van der Waals surface area contributed by atoms with Crippen molar-refractivity contribution in [1.82, 2.24) is 5.32 Å². The number of nitrogens with zero attached hydrogens (tertiary/aromatic N) is 1. The van der Waals surface area contributed by atoms with Crippen LogP contribution in [0.25, 0.3) is 0 Å². The van der Waals surface area contributed by atoms with E-state index in [0.717, 1.165) is 16.5 Å². The number of aromatic carboxylic acids is 1. The third kappa shape index (κ3) is 5.76. The topological polar surface area (TPSA) is 102 Å². The van der Waals surface area contributed by atoms with Gasteiger partial charge in [-0.1, -0.05) is 34.1 Å². The fourth-order valence-corrected chi connectivity index (χ4v) is 2.38. The fraction of sp³-hybridized carbons (Fsp3) is 0.105. The highest BCUT2D eigenvalue weighted by Gasteiger charge is 2.10. The Hall–Kier alpha value is -3.11. The van der Waals surface area contributed by atoms with Crippen LogP contribution >= 0.6 is 15.9 Å². The monoisotopic (exact) mass is 413 g/mol. The molecule has 0 saturated carbocycles. The molecule has 0 atom stereocenters. The van der Waals surface area contributed by atoms with E-state index in [2.05, 4.69) is 26.6 Å². The number of carbonyl (C=O) groups is 2. The molecule has 0 heterocycles. The molecule has 0 unspecified atom stereocenters. The van der Waals surface area contributed by atoms with Crippen LogP contribution in [0, 0.1) is 11.3 Å². The summed E-state index contributed by atoms with van der Waals surface area (Å²) in [6.07, 6.45) is 2.10. The van der Waals surface area contributed by atoms with Crippen molar-refractivity contribution in [2.24, 2.45) is 0 Å². The van der Waals surface area contributed by atoms with E-state index < -0.39 is 11.9 Å². The van der Waals surface area contributed by atoms with Crippen LogP contribution in [0.3, 0.4) is 0 Å². The van der Waals surface area contributed by atoms with Crippen molar-refractivity contribution < 1.29 is 14.7 Å². The standard InChI is InChI=1S/C19H16BrN3O3/c20-16-6-4-13(5-7-16)8-9-22-12-15(11-21)18(24)23-17-3-1-2-14(10-17)19(25)26/h1-7,10,12,22H,8-9H2,(H,23,24)(H,25,26)/b15-12-. The summed E-state index contributed by atoms with van der Waals surface area (Å²) in [7, 11) is 0. The van der Waals surface area contributed by atoms with Crippen molar-refractivity contribution in [3.63, 3.8) is 0 Å². The highest BCUT2D eigenvalue weighted by Crippen LogP contribution is 2.12. The van der Waals surface area contributed by atoms with Gasteiger partial charge in [0.1, 0.15) is 11.6 Å². The summed E-state index contributed by atoms with van der Waals surface area (Å²) in [5.74, 6) is -1.70. The molecule has 0 saturated heterocycles. The van der Waals surface area contributed by atoms with Gasteiger partial charge in [-0.05, 0) is 42.3 Å². The van der Waals surface area contributed by atoms with Crippen LogP contribution in [-0.4, -0.2) is 23.5 Å². The summed E-state index contributed by atoms with van der Waals surface area (Å²) < 4.78 is 1.00. The van der Waals surface area contributed by atoms with Gasteiger partial charge in [0.15, 0.2) is 0 Å². The molecule has 2 aromatic rings. The molecule has 0 aliphatic heterocycles. The van der Waals surface area contributed by atoms with Gasteiger partial charge in [-0.3, -0.25) is 4.79 Å². The predicted octanol–water partition coefficient (Wildman–Crippen LogP) is 3.33. The average molecular weight is 414 g/mol. The number of amides is 1. The molecular weight excluding hydrogens is 398 g/mol. The third-order valence-electron chi connectivity index (χ3n) is 3.45. The summed E-state index contributed by atoms with van der Waals surface area (Å²) in [4.78, 5) is 23.1. The van der Waals surface area contributed by atoms with Crippen molar-refractivity contribution in [1.29, 1.82) is 5.26 Å². The zero-order valence-corrected chi connectivity index (χ0v) is 15.3. The average Bonchev–Trinajstić information content (AvgIpc) is 2.63. The molecule has 7 heteroatoms. The lowest BCUT2D eigenvalue weighted by molar-refractivity contribution is -0.112. The van der Waals surface area contributed by atoms with E-state index in [-0.39, 0.29) is 11.1 Å². The molecule has 1 amide bonds. The number of carbonyl (C=O) groups excluding carboxylic acids is 1. The number of nitriles is 1. The van der Waals surface area contributed by atoms with Gasteiger partial charge in [-0.2, -0.15) is 5.26 Å². The summed E-state index contributed by atoms with van der Waals surface area (Å²) in [6, 6.07) is 15.5. The van der Waals surface area contributed by atoms with Crippen molar-refractivity contribution in [3.8, 4) is 6.07 Å². The first kappa shape index (κ1) is 19.2. The molecule has 3 N–H and O–H groups in total. The smallest absolute Gasteiger partial charge is 0.335 e. The van der Waals surface area contributed by atoms with Crippen molar-refractivity contribution in [2.75, 3.05) is 11.9 Å². The Morgan fingerprint density at radius 2 is 1.92 bits per heavy atom. The Morgan fingerprint density at radius 1 is 1.19 bits per heavy atom. The van der Waals surface area contributed by atoms with E-state index in [0.29, 0.717) is 12.2 Å². The molecule has 0 aliphatic carbocycles. The van der Waals surface area contributed by atoms with Gasteiger partial charge in [0.2, 0.25) is 0 Å². The van der Waals surface area contributed by atoms with Crippen LogP contribution in [-0.2, 0) is 11.2 Å². The number of hydrogen-bond donors (Lipinski definition) is 3. The maximum atomic E-state index is 12.1. The lowest BCUT2D eigenvalue weighted by Gasteiger charge is -2.06. The number of nitrogens with one attached hydrogen (secondary N) is 2. The molecule has 2 rings (SSSR count). The van der Waals surface area contributed by atoms with Crippen molar-refractivity contribution in [2.45, 2.75) is 6.42 Å². The van der Waals surface area contributed by atoms with Gasteiger partial charge in [-0.15, -0.1) is 0 Å². The van der Waals surface area contributed by atoms with E-state index >= 15 is 0 Å². The maximum Gasteiger partial charge on any atom is 0.335 e. The second-order valence-electron chi connectivity index (χ2n) is 5.34. The molecule has 0 spiro atoms. The summed E-state index contributed by atoms with van der Waals surface area (Å²) in [5, 5.41) is 23.6. The zero-order chi connectivity index (χ0) is 18.9. The first-order chi connectivity index (χ1) is 12.5. The van der Waals surface area contributed by atoms with E-state index in [1.54, 1.807) is 6.07 Å². The lowest BCUT2D eigenvalue weighted by Crippen LogP contribution is -2.18. The molecular formula is C19H16BrN3O3. The van der Waals surface area contributed by atoms with Crippen molar-refractivity contribution in [3.05, 3.63) is 75.9 Å². The number of rotatable bonds is 7. The second kappa shape index (κ2) is 9.39. The summed E-state index contributed by atoms with van der Waals surface area (Å²) >= 11 is 3.37. The number of carboxylic acid groups (broad SMARTS) is 1. The van der Waals surface area contributed by atoms with Gasteiger partial charge < -0.3 is 15.7 Å². The van der Waals surface area contributed by atoms with Crippen LogP contribution in [0.4, 0.5) is 5.69 Å². The molecule has 0 aliphatic rings. The normalized spacial score (nSPS) is 10.7. The first-order valence-corrected chi connectivity index (χ1v) is 8.51. The van der Waals surface area contributed by atoms with Gasteiger partial charge >= 0.3 is 5.97 Å². The van der Waals surface area contributed by atoms with Crippen LogP contribution in [0.2, 0.25) is 0 Å². The molecule has 0 fully saturated rings. The molecule has 2 aromatic carbocycles. The van der Waals surface area contributed by atoms with Crippen LogP contribution in [0.1, 0.15) is 15.9 Å². The molecule has 0 aromatic heterocycles. The number of hydrogen-bond acceptors (Lipinski definition) is 4. The minimum absolute atomic E-state index is 0.0536. The van der Waals surface area contributed by atoms with Gasteiger partial charge in [-0.25, -0.2) is 4.79 Å². The van der Waals surface area contributed by atoms with Crippen LogP contribution in [0.5, 0.6) is 0 Å². The SMILES string of the molecule is N#C/C(=C/NCCc1ccc(Br)cc1)C(=O)Nc1cccc(C(=O)O)c1. The third-order valence-corrected chi connectivity index (χ3v) is 3.98. The Kier molecular flexibility index (Phi) is 6.94. The highest BCUT2D eigenvalue weighted by molar-refractivity contribution is 9.10. The Balaban J connectivity index is 1.92. The highest BCUT2D eigenvalue weighted by atomic mass is 79.9. The number of halogens is 1.